The summed E-state index contributed by atoms with van der Waals surface area (Å²) in [5.41, 5.74) is -1.99. The fourth-order valence-corrected chi connectivity index (χ4v) is 9.83. The van der Waals surface area contributed by atoms with Crippen molar-refractivity contribution in [1.29, 1.82) is 0 Å². The Morgan fingerprint density at radius 1 is 1.07 bits per heavy atom. The van der Waals surface area contributed by atoms with Gasteiger partial charge in [0.2, 0.25) is 27.7 Å². The van der Waals surface area contributed by atoms with Gasteiger partial charge in [-0.2, -0.15) is 0 Å². The average molecular weight is 780 g/mol. The standard InChI is InChI=1S/C42H57N3O9S/c1-7-27-19-26(3)11-9-10-12-29-23-42(29,40(49)44-55(50,51)32-14-15-32)24-36(46)35-21-31(25-45(35)39(48)34(27)22-37(47)54-41(4,5)6)53-38-33-16-13-30(52-8-2)20-28(33)17-18-43-38/h10,12-13,16-18,20,26-27,29,31-32,34-35H,7-9,11,14-15,19,21-25H2,1-6H3,(H,44,49)/b12-10-/t26-,27+,29+,31+,34-,35-,42+/m0/s1. The highest BCUT2D eigenvalue weighted by Gasteiger charge is 2.61. The molecule has 2 saturated carbocycles. The third-order valence-corrected chi connectivity index (χ3v) is 13.4. The SMILES string of the molecule is CCOc1ccc2c(O[C@@H]3C[C@H]4C(=O)C[C@]5(C(=O)NS(=O)(=O)C6CC6)C[C@H]5/C=C\CC[C@H](C)C[C@@H](CC)[C@H](CC(=O)OC(C)(C)C)C(=O)N4C3)nccc2c1. The van der Waals surface area contributed by atoms with Crippen LogP contribution in [0.4, 0.5) is 0 Å². The third kappa shape index (κ3) is 9.52. The number of allylic oxidation sites excluding steroid dienone is 2. The molecule has 1 saturated heterocycles. The molecule has 2 aliphatic carbocycles. The molecule has 1 aromatic heterocycles. The number of nitrogens with one attached hydrogen (secondary N) is 1. The van der Waals surface area contributed by atoms with Crippen LogP contribution in [0.5, 0.6) is 11.6 Å². The molecule has 4 aliphatic rings. The van der Waals surface area contributed by atoms with Gasteiger partial charge >= 0.3 is 5.97 Å². The molecule has 0 unspecified atom stereocenters. The Morgan fingerprint density at radius 2 is 1.84 bits per heavy atom. The lowest BCUT2D eigenvalue weighted by atomic mass is 9.79. The first-order valence-electron chi connectivity index (χ1n) is 20.0. The molecule has 0 bridgehead atoms. The Bertz CT molecular complexity index is 1920. The third-order valence-electron chi connectivity index (χ3n) is 11.6. The molecule has 55 heavy (non-hydrogen) atoms. The Hall–Kier alpha value is -4.00. The van der Waals surface area contributed by atoms with Gasteiger partial charge in [-0.3, -0.25) is 23.9 Å². The predicted molar refractivity (Wildman–Crippen MR) is 208 cm³/mol. The zero-order valence-corrected chi connectivity index (χ0v) is 33.9. The molecule has 12 nitrogen and oxygen atoms in total. The number of hydrogen-bond acceptors (Lipinski definition) is 10. The van der Waals surface area contributed by atoms with Crippen molar-refractivity contribution in [3.63, 3.8) is 0 Å². The number of pyridine rings is 1. The summed E-state index contributed by atoms with van der Waals surface area (Å²) >= 11 is 0. The maximum absolute atomic E-state index is 15.0. The van der Waals surface area contributed by atoms with E-state index in [4.69, 9.17) is 14.2 Å². The van der Waals surface area contributed by atoms with Gasteiger partial charge in [-0.1, -0.05) is 32.4 Å². The van der Waals surface area contributed by atoms with Crippen molar-refractivity contribution in [3.8, 4) is 11.6 Å². The van der Waals surface area contributed by atoms with Crippen molar-refractivity contribution in [1.82, 2.24) is 14.6 Å². The zero-order chi connectivity index (χ0) is 39.7. The number of rotatable bonds is 10. The maximum atomic E-state index is 15.0. The topological polar surface area (TPSA) is 158 Å². The Morgan fingerprint density at radius 3 is 2.53 bits per heavy atom. The van der Waals surface area contributed by atoms with Gasteiger partial charge < -0.3 is 19.1 Å². The highest BCUT2D eigenvalue weighted by molar-refractivity contribution is 7.90. The van der Waals surface area contributed by atoms with Crippen molar-refractivity contribution in [2.75, 3.05) is 13.2 Å². The molecular weight excluding hydrogens is 723 g/mol. The normalized spacial score (nSPS) is 29.7. The highest BCUT2D eigenvalue weighted by atomic mass is 32.2. The molecule has 1 N–H and O–H groups in total. The molecule has 2 aliphatic heterocycles. The van der Waals surface area contributed by atoms with Gasteiger partial charge in [0.1, 0.15) is 17.5 Å². The van der Waals surface area contributed by atoms with Crippen molar-refractivity contribution in [3.05, 3.63) is 42.6 Å². The number of nitrogens with zero attached hydrogens (tertiary/aromatic N) is 2. The first-order valence-corrected chi connectivity index (χ1v) is 21.5. The molecule has 1 aromatic carbocycles. The smallest absolute Gasteiger partial charge is 0.307 e. The molecule has 3 heterocycles. The number of sulfonamides is 1. The molecular formula is C42H57N3O9S. The second kappa shape index (κ2) is 16.2. The van der Waals surface area contributed by atoms with Crippen molar-refractivity contribution >= 4 is 44.4 Å². The van der Waals surface area contributed by atoms with Crippen LogP contribution in [-0.4, -0.2) is 78.0 Å². The number of amides is 2. The number of carbonyl (C=O) groups excluding carboxylic acids is 4. The minimum Gasteiger partial charge on any atom is -0.494 e. The van der Waals surface area contributed by atoms with Crippen molar-refractivity contribution in [2.24, 2.45) is 29.1 Å². The lowest BCUT2D eigenvalue weighted by Crippen LogP contribution is -2.48. The van der Waals surface area contributed by atoms with Gasteiger partial charge in [-0.15, -0.1) is 0 Å². The minimum atomic E-state index is -3.85. The summed E-state index contributed by atoms with van der Waals surface area (Å²) in [5, 5.41) is 1.01. The van der Waals surface area contributed by atoms with E-state index in [-0.39, 0.29) is 55.3 Å². The van der Waals surface area contributed by atoms with E-state index >= 15 is 0 Å². The van der Waals surface area contributed by atoms with E-state index in [9.17, 15) is 27.6 Å². The van der Waals surface area contributed by atoms with E-state index in [1.165, 1.54) is 0 Å². The molecule has 2 amide bonds. The van der Waals surface area contributed by atoms with Gasteiger partial charge in [0.05, 0.1) is 42.2 Å². The molecule has 6 rings (SSSR count). The Balaban J connectivity index is 1.35. The van der Waals surface area contributed by atoms with Crippen LogP contribution < -0.4 is 14.2 Å². The number of aromatic nitrogens is 1. The predicted octanol–water partition coefficient (Wildman–Crippen LogP) is 6.31. The first-order chi connectivity index (χ1) is 26.0. The number of esters is 1. The first kappa shape index (κ1) is 40.7. The van der Waals surface area contributed by atoms with E-state index in [0.29, 0.717) is 50.3 Å². The summed E-state index contributed by atoms with van der Waals surface area (Å²) in [5.74, 6) is -1.74. The molecule has 2 aromatic rings. The highest BCUT2D eigenvalue weighted by Crippen LogP contribution is 2.57. The number of ketones is 1. The van der Waals surface area contributed by atoms with Crippen LogP contribution in [0.2, 0.25) is 0 Å². The van der Waals surface area contributed by atoms with Crippen LogP contribution in [0.15, 0.2) is 42.6 Å². The van der Waals surface area contributed by atoms with Crippen molar-refractivity contribution in [2.45, 2.75) is 129 Å². The molecule has 13 heteroatoms. The molecule has 0 radical (unpaired) electrons. The van der Waals surface area contributed by atoms with Gasteiger partial charge in [0, 0.05) is 24.4 Å². The fourth-order valence-electron chi connectivity index (χ4n) is 8.44. The Labute approximate surface area is 325 Å². The molecule has 7 atom stereocenters. The largest absolute Gasteiger partial charge is 0.494 e. The van der Waals surface area contributed by atoms with Crippen LogP contribution in [0.25, 0.3) is 10.8 Å². The van der Waals surface area contributed by atoms with E-state index in [0.717, 1.165) is 23.6 Å². The zero-order valence-electron chi connectivity index (χ0n) is 33.0. The number of fused-ring (bicyclic) bond motifs is 3. The maximum Gasteiger partial charge on any atom is 0.307 e. The van der Waals surface area contributed by atoms with Gasteiger partial charge in [0.15, 0.2) is 5.78 Å². The second-order valence-electron chi connectivity index (χ2n) is 17.1. The number of Topliss-reactive ketones (excluding diaryl/α,β-unsaturated/α-hetero) is 1. The van der Waals surface area contributed by atoms with Gasteiger partial charge in [-0.25, -0.2) is 13.4 Å². The number of hydrogen-bond donors (Lipinski definition) is 1. The average Bonchev–Trinajstić information content (AvgIpc) is 4.04. The van der Waals surface area contributed by atoms with Crippen LogP contribution in [0, 0.1) is 29.1 Å². The fraction of sp³-hybridized carbons (Fsp3) is 0.643. The van der Waals surface area contributed by atoms with Gasteiger partial charge in [0.25, 0.3) is 0 Å². The summed E-state index contributed by atoms with van der Waals surface area (Å²) in [6, 6.07) is 6.51. The van der Waals surface area contributed by atoms with Crippen LogP contribution in [-0.2, 0) is 33.9 Å². The molecule has 3 fully saturated rings. The lowest BCUT2D eigenvalue weighted by Gasteiger charge is -2.33. The number of ether oxygens (including phenoxy) is 3. The number of carbonyl (C=O) groups is 4. The van der Waals surface area contributed by atoms with Crippen LogP contribution >= 0.6 is 0 Å². The lowest BCUT2D eigenvalue weighted by molar-refractivity contribution is -0.160. The number of benzene rings is 1. The summed E-state index contributed by atoms with van der Waals surface area (Å²) in [6.07, 6.45) is 9.02. The summed E-state index contributed by atoms with van der Waals surface area (Å²) in [7, 11) is -3.85. The van der Waals surface area contributed by atoms with Crippen LogP contribution in [0.3, 0.4) is 0 Å². The van der Waals surface area contributed by atoms with Gasteiger partial charge in [-0.05, 0) is 114 Å². The second-order valence-corrected chi connectivity index (χ2v) is 19.1. The quantitative estimate of drug-likeness (QED) is 0.214. The molecule has 300 valence electrons. The van der Waals surface area contributed by atoms with E-state index in [1.54, 1.807) is 31.9 Å². The molecule has 0 spiro atoms. The summed E-state index contributed by atoms with van der Waals surface area (Å²) < 4.78 is 46.1. The van der Waals surface area contributed by atoms with E-state index < -0.39 is 56.2 Å². The summed E-state index contributed by atoms with van der Waals surface area (Å²) in [6.45, 7) is 12.0. The minimum absolute atomic E-state index is 0.0692. The van der Waals surface area contributed by atoms with E-state index in [2.05, 4.69) is 16.6 Å². The monoisotopic (exact) mass is 779 g/mol. The Kier molecular flexibility index (Phi) is 12.0. The van der Waals surface area contributed by atoms with Crippen molar-refractivity contribution < 1.29 is 41.8 Å². The van der Waals surface area contributed by atoms with E-state index in [1.807, 2.05) is 50.3 Å². The van der Waals surface area contributed by atoms with Crippen LogP contribution in [0.1, 0.15) is 106 Å². The summed E-state index contributed by atoms with van der Waals surface area (Å²) in [4.78, 5) is 63.0.